The standard InChI is InChI=1S/C28H21NO6/c1-15-7-9-16(10-8-15)23-21-22(27(33)29(26(21)32)17-11-13-18(34-2)14-12-17)28(35-23)24(30)19-5-3-4-6-20(19)25(28)31/h3-14,21-23H,1-2H3/t21-,22+,23-/m1/s1. The van der Waals surface area contributed by atoms with Crippen LogP contribution in [-0.2, 0) is 14.3 Å². The molecule has 0 unspecified atom stereocenters. The van der Waals surface area contributed by atoms with Crippen molar-refractivity contribution in [1.29, 1.82) is 0 Å². The number of amides is 2. The molecule has 0 aromatic heterocycles. The predicted octanol–water partition coefficient (Wildman–Crippen LogP) is 3.70. The minimum atomic E-state index is -2.07. The first kappa shape index (κ1) is 21.4. The van der Waals surface area contributed by atoms with Gasteiger partial charge in [0.05, 0.1) is 30.7 Å². The van der Waals surface area contributed by atoms with Crippen LogP contribution in [0.1, 0.15) is 37.9 Å². The van der Waals surface area contributed by atoms with Crippen molar-refractivity contribution in [2.75, 3.05) is 12.0 Å². The zero-order valence-corrected chi connectivity index (χ0v) is 19.1. The highest BCUT2D eigenvalue weighted by Gasteiger charge is 2.74. The number of nitrogens with zero attached hydrogens (tertiary/aromatic N) is 1. The lowest BCUT2D eigenvalue weighted by atomic mass is 9.77. The van der Waals surface area contributed by atoms with E-state index in [9.17, 15) is 19.2 Å². The number of fused-ring (bicyclic) bond motifs is 3. The number of Topliss-reactive ketones (excluding diaryl/α,β-unsaturated/α-hetero) is 2. The molecule has 1 spiro atoms. The molecule has 0 saturated carbocycles. The Hall–Kier alpha value is -4.10. The van der Waals surface area contributed by atoms with E-state index in [1.165, 1.54) is 7.11 Å². The first-order valence-corrected chi connectivity index (χ1v) is 11.3. The van der Waals surface area contributed by atoms with Crippen LogP contribution in [0.15, 0.2) is 72.8 Å². The van der Waals surface area contributed by atoms with E-state index in [0.717, 1.165) is 10.5 Å². The third-order valence-electron chi connectivity index (χ3n) is 7.26. The van der Waals surface area contributed by atoms with Gasteiger partial charge in [0.1, 0.15) is 5.75 Å². The molecule has 0 bridgehead atoms. The SMILES string of the molecule is COc1ccc(N2C(=O)[C@H]3[C@@H](c4ccc(C)cc4)OC4(C(=O)c5ccccc5C4=O)[C@@H]3C2=O)cc1. The van der Waals surface area contributed by atoms with Crippen LogP contribution in [-0.4, -0.2) is 36.1 Å². The van der Waals surface area contributed by atoms with Gasteiger partial charge in [0.25, 0.3) is 0 Å². The van der Waals surface area contributed by atoms with Gasteiger partial charge in [0.2, 0.25) is 29.0 Å². The van der Waals surface area contributed by atoms with Gasteiger partial charge in [-0.2, -0.15) is 0 Å². The number of ketones is 2. The fourth-order valence-corrected chi connectivity index (χ4v) is 5.56. The van der Waals surface area contributed by atoms with E-state index >= 15 is 0 Å². The van der Waals surface area contributed by atoms with Crippen molar-refractivity contribution in [3.8, 4) is 5.75 Å². The number of carbonyl (C=O) groups excluding carboxylic acids is 4. The topological polar surface area (TPSA) is 90.0 Å². The third-order valence-corrected chi connectivity index (χ3v) is 7.26. The Morgan fingerprint density at radius 2 is 1.40 bits per heavy atom. The summed E-state index contributed by atoms with van der Waals surface area (Å²) in [6, 6.07) is 20.3. The van der Waals surface area contributed by atoms with Crippen LogP contribution in [0.5, 0.6) is 5.75 Å². The minimum absolute atomic E-state index is 0.212. The minimum Gasteiger partial charge on any atom is -0.497 e. The summed E-state index contributed by atoms with van der Waals surface area (Å²) in [5.41, 5.74) is 0.345. The van der Waals surface area contributed by atoms with Crippen LogP contribution in [0.25, 0.3) is 0 Å². The first-order valence-electron chi connectivity index (χ1n) is 11.3. The molecule has 7 nitrogen and oxygen atoms in total. The van der Waals surface area contributed by atoms with Gasteiger partial charge in [-0.15, -0.1) is 0 Å². The highest BCUT2D eigenvalue weighted by atomic mass is 16.5. The number of hydrogen-bond acceptors (Lipinski definition) is 6. The fraction of sp³-hybridized carbons (Fsp3) is 0.214. The molecular weight excluding hydrogens is 446 g/mol. The molecule has 3 aromatic carbocycles. The molecule has 0 N–H and O–H groups in total. The number of methoxy groups -OCH3 is 1. The van der Waals surface area contributed by atoms with E-state index in [2.05, 4.69) is 0 Å². The van der Waals surface area contributed by atoms with Crippen molar-refractivity contribution >= 4 is 29.1 Å². The molecule has 0 radical (unpaired) electrons. The van der Waals surface area contributed by atoms with Crippen molar-refractivity contribution in [3.63, 3.8) is 0 Å². The van der Waals surface area contributed by atoms with E-state index in [1.54, 1.807) is 60.7 Å². The molecule has 2 fully saturated rings. The van der Waals surface area contributed by atoms with E-state index < -0.39 is 46.9 Å². The molecule has 35 heavy (non-hydrogen) atoms. The van der Waals surface area contributed by atoms with E-state index in [-0.39, 0.29) is 11.1 Å². The van der Waals surface area contributed by atoms with E-state index in [0.29, 0.717) is 17.0 Å². The molecule has 7 heteroatoms. The Morgan fingerprint density at radius 3 is 1.97 bits per heavy atom. The van der Waals surface area contributed by atoms with Crippen LogP contribution < -0.4 is 9.64 Å². The summed E-state index contributed by atoms with van der Waals surface area (Å²) in [6.07, 6.45) is -0.928. The van der Waals surface area contributed by atoms with Gasteiger partial charge in [-0.3, -0.25) is 19.2 Å². The van der Waals surface area contributed by atoms with Gasteiger partial charge in [-0.05, 0) is 36.8 Å². The molecule has 3 aliphatic rings. The van der Waals surface area contributed by atoms with Gasteiger partial charge in [-0.25, -0.2) is 4.90 Å². The smallest absolute Gasteiger partial charge is 0.241 e. The number of carbonyl (C=O) groups is 4. The molecule has 2 saturated heterocycles. The maximum atomic E-state index is 13.9. The molecule has 2 heterocycles. The summed E-state index contributed by atoms with van der Waals surface area (Å²) in [6.45, 7) is 1.93. The largest absolute Gasteiger partial charge is 0.497 e. The van der Waals surface area contributed by atoms with Crippen molar-refractivity contribution in [2.24, 2.45) is 11.8 Å². The summed E-state index contributed by atoms with van der Waals surface area (Å²) in [5.74, 6) is -3.97. The monoisotopic (exact) mass is 467 g/mol. The van der Waals surface area contributed by atoms with Gasteiger partial charge < -0.3 is 9.47 Å². The molecular formula is C28H21NO6. The maximum absolute atomic E-state index is 13.9. The highest BCUT2D eigenvalue weighted by Crippen LogP contribution is 2.57. The van der Waals surface area contributed by atoms with Crippen LogP contribution in [0, 0.1) is 18.8 Å². The Morgan fingerprint density at radius 1 is 0.800 bits per heavy atom. The maximum Gasteiger partial charge on any atom is 0.241 e. The Balaban J connectivity index is 1.52. The van der Waals surface area contributed by atoms with Gasteiger partial charge >= 0.3 is 0 Å². The van der Waals surface area contributed by atoms with Crippen molar-refractivity contribution < 1.29 is 28.7 Å². The second-order valence-corrected chi connectivity index (χ2v) is 9.10. The molecule has 2 aliphatic heterocycles. The number of imide groups is 1. The Labute approximate surface area is 201 Å². The second-order valence-electron chi connectivity index (χ2n) is 9.10. The van der Waals surface area contributed by atoms with Gasteiger partial charge in [0.15, 0.2) is 0 Å². The molecule has 2 amide bonds. The van der Waals surface area contributed by atoms with E-state index in [4.69, 9.17) is 9.47 Å². The highest BCUT2D eigenvalue weighted by molar-refractivity contribution is 6.37. The summed E-state index contributed by atoms with van der Waals surface area (Å²) < 4.78 is 11.5. The van der Waals surface area contributed by atoms with Gasteiger partial charge in [-0.1, -0.05) is 54.1 Å². The summed E-state index contributed by atoms with van der Waals surface area (Å²) in [7, 11) is 1.52. The van der Waals surface area contributed by atoms with Gasteiger partial charge in [0, 0.05) is 11.1 Å². The third kappa shape index (κ3) is 2.76. The average molecular weight is 467 g/mol. The zero-order valence-electron chi connectivity index (χ0n) is 19.1. The number of anilines is 1. The lowest BCUT2D eigenvalue weighted by molar-refractivity contribution is -0.127. The van der Waals surface area contributed by atoms with Crippen LogP contribution in [0.3, 0.4) is 0 Å². The number of aryl methyl sites for hydroxylation is 1. The van der Waals surface area contributed by atoms with Crippen LogP contribution >= 0.6 is 0 Å². The lowest BCUT2D eigenvalue weighted by Crippen LogP contribution is -2.51. The van der Waals surface area contributed by atoms with Crippen LogP contribution in [0.4, 0.5) is 5.69 Å². The normalized spacial score (nSPS) is 24.3. The quantitative estimate of drug-likeness (QED) is 0.431. The summed E-state index contributed by atoms with van der Waals surface area (Å²) in [5, 5.41) is 0. The Kier molecular flexibility index (Phi) is 4.56. The molecule has 6 rings (SSSR count). The van der Waals surface area contributed by atoms with Crippen molar-refractivity contribution in [3.05, 3.63) is 95.1 Å². The predicted molar refractivity (Wildman–Crippen MR) is 125 cm³/mol. The first-order chi connectivity index (χ1) is 16.9. The number of hydrogen-bond donors (Lipinski definition) is 0. The number of benzene rings is 3. The lowest BCUT2D eigenvalue weighted by Gasteiger charge is -2.27. The molecule has 3 atom stereocenters. The average Bonchev–Trinajstić information content (AvgIpc) is 3.44. The van der Waals surface area contributed by atoms with Crippen molar-refractivity contribution in [1.82, 2.24) is 0 Å². The van der Waals surface area contributed by atoms with Crippen LogP contribution in [0.2, 0.25) is 0 Å². The second kappa shape index (κ2) is 7.45. The zero-order chi connectivity index (χ0) is 24.5. The Bertz CT molecular complexity index is 1370. The number of ether oxygens (including phenoxy) is 2. The van der Waals surface area contributed by atoms with Crippen molar-refractivity contribution in [2.45, 2.75) is 18.6 Å². The van der Waals surface area contributed by atoms with E-state index in [1.807, 2.05) is 19.1 Å². The summed E-state index contributed by atoms with van der Waals surface area (Å²) >= 11 is 0. The molecule has 1 aliphatic carbocycles. The number of rotatable bonds is 3. The fourth-order valence-electron chi connectivity index (χ4n) is 5.56. The summed E-state index contributed by atoms with van der Waals surface area (Å²) in [4.78, 5) is 56.2. The molecule has 174 valence electrons. The molecule has 3 aromatic rings.